The van der Waals surface area contributed by atoms with Crippen LogP contribution in [0.25, 0.3) is 21.8 Å². The lowest BCUT2D eigenvalue weighted by Crippen LogP contribution is -2.49. The highest BCUT2D eigenvalue weighted by Crippen LogP contribution is 2.28. The van der Waals surface area contributed by atoms with Gasteiger partial charge in [-0.25, -0.2) is 0 Å². The molecule has 29 heavy (non-hydrogen) atoms. The second-order valence-corrected chi connectivity index (χ2v) is 7.83. The van der Waals surface area contributed by atoms with Crippen molar-refractivity contribution in [2.75, 3.05) is 39.3 Å². The van der Waals surface area contributed by atoms with Crippen LogP contribution < -0.4 is 0 Å². The predicted molar refractivity (Wildman–Crippen MR) is 128 cm³/mol. The summed E-state index contributed by atoms with van der Waals surface area (Å²) in [5.74, 6) is 0. The van der Waals surface area contributed by atoms with Gasteiger partial charge in [0.05, 0.1) is 12.6 Å². The summed E-state index contributed by atoms with van der Waals surface area (Å²) in [6.07, 6.45) is -0.378. The molecular weight excluding hydrogens is 405 g/mol. The number of hydrogen-bond acceptors (Lipinski definition) is 3. The van der Waals surface area contributed by atoms with E-state index < -0.39 is 0 Å². The van der Waals surface area contributed by atoms with E-state index in [0.29, 0.717) is 6.54 Å². The van der Waals surface area contributed by atoms with Crippen molar-refractivity contribution in [2.24, 2.45) is 0 Å². The largest absolute Gasteiger partial charge is 0.390 e. The number of aromatic nitrogens is 1. The molecular formula is C23H31Cl2N3O. The van der Waals surface area contributed by atoms with Gasteiger partial charge in [0, 0.05) is 61.1 Å². The van der Waals surface area contributed by atoms with Crippen molar-refractivity contribution in [3.63, 3.8) is 0 Å². The van der Waals surface area contributed by atoms with Crippen LogP contribution in [0, 0.1) is 0 Å². The smallest absolute Gasteiger partial charge is 0.0845 e. The van der Waals surface area contributed by atoms with Crippen LogP contribution >= 0.6 is 24.8 Å². The third-order valence-corrected chi connectivity index (χ3v) is 5.50. The summed E-state index contributed by atoms with van der Waals surface area (Å²) >= 11 is 0. The van der Waals surface area contributed by atoms with E-state index in [0.717, 1.165) is 39.3 Å². The molecule has 0 saturated carbocycles. The van der Waals surface area contributed by atoms with Crippen LogP contribution in [0.4, 0.5) is 0 Å². The zero-order valence-corrected chi connectivity index (χ0v) is 18.6. The molecule has 0 radical (unpaired) electrons. The Balaban J connectivity index is 0.00000150. The second-order valence-electron chi connectivity index (χ2n) is 7.83. The van der Waals surface area contributed by atoms with Crippen molar-refractivity contribution in [3.8, 4) is 0 Å². The number of hydrogen-bond donors (Lipinski definition) is 1. The Bertz CT molecular complexity index is 894. The average Bonchev–Trinajstić information content (AvgIpc) is 2.97. The quantitative estimate of drug-likeness (QED) is 0.588. The summed E-state index contributed by atoms with van der Waals surface area (Å²) in [6.45, 7) is 12.6. The molecule has 1 saturated heterocycles. The number of aliphatic hydroxyl groups excluding tert-OH is 1. The Labute approximate surface area is 185 Å². The fourth-order valence-electron chi connectivity index (χ4n) is 4.28. The number of nitrogens with zero attached hydrogens (tertiary/aromatic N) is 3. The molecule has 1 aromatic heterocycles. The first-order valence-electron chi connectivity index (χ1n) is 9.85. The first-order chi connectivity index (χ1) is 13.1. The number of benzene rings is 2. The van der Waals surface area contributed by atoms with Gasteiger partial charge < -0.3 is 9.67 Å². The molecule has 0 spiro atoms. The fourth-order valence-corrected chi connectivity index (χ4v) is 4.28. The van der Waals surface area contributed by atoms with Gasteiger partial charge in [0.2, 0.25) is 0 Å². The molecule has 6 heteroatoms. The lowest BCUT2D eigenvalue weighted by Gasteiger charge is -2.35. The monoisotopic (exact) mass is 435 g/mol. The van der Waals surface area contributed by atoms with Crippen LogP contribution in [-0.2, 0) is 6.54 Å². The standard InChI is InChI=1S/C23H29N3O.2ClH/c1-18(2)15-24-11-13-25(14-12-24)16-19(27)17-26-22-9-5-3-7-20(22)21-8-4-6-10-23(21)26;;/h3-10,19,27H,1,11-17H2,2H3;2*1H. The van der Waals surface area contributed by atoms with Gasteiger partial charge in [0.1, 0.15) is 0 Å². The van der Waals surface area contributed by atoms with Crippen molar-refractivity contribution in [1.29, 1.82) is 0 Å². The minimum Gasteiger partial charge on any atom is -0.390 e. The van der Waals surface area contributed by atoms with Crippen LogP contribution in [0.15, 0.2) is 60.7 Å². The first-order valence-corrected chi connectivity index (χ1v) is 9.85. The molecule has 3 aromatic rings. The third-order valence-electron chi connectivity index (χ3n) is 5.50. The topological polar surface area (TPSA) is 31.6 Å². The normalized spacial score (nSPS) is 16.3. The van der Waals surface area contributed by atoms with E-state index in [4.69, 9.17) is 0 Å². The summed E-state index contributed by atoms with van der Waals surface area (Å²) < 4.78 is 2.27. The molecule has 2 aromatic carbocycles. The lowest BCUT2D eigenvalue weighted by atomic mass is 10.2. The van der Waals surface area contributed by atoms with Crippen molar-refractivity contribution >= 4 is 46.6 Å². The van der Waals surface area contributed by atoms with E-state index in [1.54, 1.807) is 0 Å². The summed E-state index contributed by atoms with van der Waals surface area (Å²) in [7, 11) is 0. The highest BCUT2D eigenvalue weighted by molar-refractivity contribution is 6.07. The summed E-state index contributed by atoms with van der Waals surface area (Å²) in [5, 5.41) is 13.3. The van der Waals surface area contributed by atoms with Crippen LogP contribution in [0.3, 0.4) is 0 Å². The van der Waals surface area contributed by atoms with E-state index in [1.807, 2.05) is 0 Å². The van der Waals surface area contributed by atoms with Crippen molar-refractivity contribution in [2.45, 2.75) is 19.6 Å². The number of aliphatic hydroxyl groups is 1. The van der Waals surface area contributed by atoms with Crippen LogP contribution in [-0.4, -0.2) is 64.8 Å². The number of para-hydroxylation sites is 2. The molecule has 4 nitrogen and oxygen atoms in total. The molecule has 0 bridgehead atoms. The summed E-state index contributed by atoms with van der Waals surface area (Å²) in [4.78, 5) is 4.83. The van der Waals surface area contributed by atoms with E-state index in [-0.39, 0.29) is 30.9 Å². The Morgan fingerprint density at radius 2 is 1.34 bits per heavy atom. The molecule has 1 unspecified atom stereocenters. The molecule has 1 aliphatic rings. The van der Waals surface area contributed by atoms with Gasteiger partial charge in [-0.15, -0.1) is 24.8 Å². The molecule has 0 amide bonds. The average molecular weight is 436 g/mol. The highest BCUT2D eigenvalue weighted by Gasteiger charge is 2.20. The Morgan fingerprint density at radius 3 is 1.86 bits per heavy atom. The number of piperazine rings is 1. The molecule has 158 valence electrons. The van der Waals surface area contributed by atoms with Gasteiger partial charge in [0.15, 0.2) is 0 Å². The third kappa shape index (κ3) is 5.33. The fraction of sp³-hybridized carbons (Fsp3) is 0.391. The van der Waals surface area contributed by atoms with E-state index in [1.165, 1.54) is 27.4 Å². The summed E-state index contributed by atoms with van der Waals surface area (Å²) in [6, 6.07) is 17.0. The highest BCUT2D eigenvalue weighted by atomic mass is 35.5. The van der Waals surface area contributed by atoms with E-state index in [2.05, 4.69) is 76.4 Å². The maximum Gasteiger partial charge on any atom is 0.0845 e. The Hall–Kier alpha value is -1.56. The van der Waals surface area contributed by atoms with Gasteiger partial charge >= 0.3 is 0 Å². The first kappa shape index (κ1) is 23.7. The van der Waals surface area contributed by atoms with Crippen molar-refractivity contribution in [1.82, 2.24) is 14.4 Å². The molecule has 1 N–H and O–H groups in total. The number of rotatable bonds is 6. The van der Waals surface area contributed by atoms with E-state index >= 15 is 0 Å². The van der Waals surface area contributed by atoms with E-state index in [9.17, 15) is 5.11 Å². The summed E-state index contributed by atoms with van der Waals surface area (Å²) in [5.41, 5.74) is 3.61. The lowest BCUT2D eigenvalue weighted by molar-refractivity contribution is 0.0681. The van der Waals surface area contributed by atoms with Gasteiger partial charge in [-0.3, -0.25) is 9.80 Å². The maximum atomic E-state index is 10.8. The SMILES string of the molecule is C=C(C)CN1CCN(CC(O)Cn2c3ccccc3c3ccccc32)CC1.Cl.Cl. The molecule has 2 heterocycles. The van der Waals surface area contributed by atoms with Crippen LogP contribution in [0.5, 0.6) is 0 Å². The minimum absolute atomic E-state index is 0. The number of β-amino-alcohol motifs (C(OH)–C–C–N with tert-alkyl or cyclic N) is 1. The van der Waals surface area contributed by atoms with Gasteiger partial charge in [-0.05, 0) is 19.1 Å². The molecule has 1 fully saturated rings. The molecule has 0 aliphatic carbocycles. The van der Waals surface area contributed by atoms with Crippen molar-refractivity contribution < 1.29 is 5.11 Å². The maximum absolute atomic E-state index is 10.8. The number of halogens is 2. The zero-order valence-electron chi connectivity index (χ0n) is 17.0. The van der Waals surface area contributed by atoms with Gasteiger partial charge in [-0.2, -0.15) is 0 Å². The minimum atomic E-state index is -0.378. The molecule has 4 rings (SSSR count). The number of fused-ring (bicyclic) bond motifs is 3. The molecule has 1 atom stereocenters. The predicted octanol–water partition coefficient (Wildman–Crippen LogP) is 4.19. The Morgan fingerprint density at radius 1 is 0.862 bits per heavy atom. The van der Waals surface area contributed by atoms with Gasteiger partial charge in [-0.1, -0.05) is 48.6 Å². The van der Waals surface area contributed by atoms with Crippen LogP contribution in [0.1, 0.15) is 6.92 Å². The Kier molecular flexibility index (Phi) is 8.56. The zero-order chi connectivity index (χ0) is 18.8. The second kappa shape index (κ2) is 10.5. The molecule has 1 aliphatic heterocycles. The van der Waals surface area contributed by atoms with Crippen LogP contribution in [0.2, 0.25) is 0 Å². The van der Waals surface area contributed by atoms with Crippen molar-refractivity contribution in [3.05, 3.63) is 60.7 Å². The van der Waals surface area contributed by atoms with Gasteiger partial charge in [0.25, 0.3) is 0 Å².